The van der Waals surface area contributed by atoms with E-state index in [9.17, 15) is 37.5 Å². The summed E-state index contributed by atoms with van der Waals surface area (Å²) in [5.74, 6) is -4.45. The zero-order chi connectivity index (χ0) is 31.9. The van der Waals surface area contributed by atoms with Crippen molar-refractivity contribution in [3.05, 3.63) is 52.1 Å². The van der Waals surface area contributed by atoms with E-state index in [1.165, 1.54) is 41.7 Å². The third kappa shape index (κ3) is 8.60. The molecule has 228 valence electrons. The monoisotopic (exact) mass is 618 g/mol. The highest BCUT2D eigenvalue weighted by molar-refractivity contribution is 7.86. The summed E-state index contributed by atoms with van der Waals surface area (Å²) in [7, 11) is -0.981. The molecule has 0 fully saturated rings. The highest BCUT2D eigenvalue weighted by Crippen LogP contribution is 2.21. The smallest absolute Gasteiger partial charge is 0.358 e. The zero-order valence-corrected chi connectivity index (χ0v) is 23.7. The molecule has 0 spiro atoms. The summed E-state index contributed by atoms with van der Waals surface area (Å²) >= 11 is 0. The van der Waals surface area contributed by atoms with Crippen molar-refractivity contribution in [2.45, 2.75) is 25.1 Å². The normalized spacial score (nSPS) is 12.9. The molecule has 2 heterocycles. The van der Waals surface area contributed by atoms with Crippen LogP contribution in [-0.4, -0.2) is 100 Å². The van der Waals surface area contributed by atoms with Crippen LogP contribution in [0.3, 0.4) is 0 Å². The number of carboxylic acids is 2. The van der Waals surface area contributed by atoms with Gasteiger partial charge in [-0.1, -0.05) is 0 Å². The van der Waals surface area contributed by atoms with Crippen molar-refractivity contribution in [3.63, 3.8) is 0 Å². The second-order valence-corrected chi connectivity index (χ2v) is 10.8. The number of amides is 2. The number of hydrogen-bond acceptors (Lipinski definition) is 12. The number of hydrogen-bond donors (Lipinski definition) is 4. The summed E-state index contributed by atoms with van der Waals surface area (Å²) in [5.41, 5.74) is -3.22. The predicted molar refractivity (Wildman–Crippen MR) is 149 cm³/mol. The number of benzene rings is 1. The lowest BCUT2D eigenvalue weighted by Gasteiger charge is -2.28. The van der Waals surface area contributed by atoms with Crippen molar-refractivity contribution in [1.82, 2.24) is 30.2 Å². The number of fused-ring (bicyclic) bond motifs is 1. The van der Waals surface area contributed by atoms with Crippen molar-refractivity contribution >= 4 is 63.5 Å². The summed E-state index contributed by atoms with van der Waals surface area (Å²) in [6, 6.07) is 5.08. The molecule has 2 aromatic heterocycles. The Morgan fingerprint density at radius 2 is 1.84 bits per heavy atom. The van der Waals surface area contributed by atoms with Crippen molar-refractivity contribution in [2.75, 3.05) is 25.3 Å². The van der Waals surface area contributed by atoms with Crippen molar-refractivity contribution in [2.24, 2.45) is 4.99 Å². The van der Waals surface area contributed by atoms with Gasteiger partial charge in [0.2, 0.25) is 12.4 Å². The van der Waals surface area contributed by atoms with Gasteiger partial charge in [-0.2, -0.15) is 13.4 Å². The fourth-order valence-electron chi connectivity index (χ4n) is 3.54. The molecule has 43 heavy (non-hydrogen) atoms. The first-order chi connectivity index (χ1) is 20.1. The van der Waals surface area contributed by atoms with Crippen LogP contribution in [0.5, 0.6) is 0 Å². The predicted octanol–water partition coefficient (Wildman–Crippen LogP) is -0.551. The average Bonchev–Trinajstić information content (AvgIpc) is 2.93. The maximum Gasteiger partial charge on any atom is 0.358 e. The molecule has 3 rings (SSSR count). The molecular weight excluding hydrogens is 592 g/mol. The molecule has 0 unspecified atom stereocenters. The highest BCUT2D eigenvalue weighted by Gasteiger charge is 2.45. The van der Waals surface area contributed by atoms with Crippen molar-refractivity contribution < 1.29 is 42.0 Å². The van der Waals surface area contributed by atoms with Gasteiger partial charge < -0.3 is 25.3 Å². The van der Waals surface area contributed by atoms with E-state index in [-0.39, 0.29) is 40.6 Å². The largest absolute Gasteiger partial charge is 0.481 e. The average molecular weight is 619 g/mol. The van der Waals surface area contributed by atoms with Crippen LogP contribution in [0.25, 0.3) is 11.2 Å². The number of nitrogens with zero attached hydrogens (tertiary/aromatic N) is 6. The van der Waals surface area contributed by atoms with Crippen LogP contribution >= 0.6 is 0 Å². The van der Waals surface area contributed by atoms with Gasteiger partial charge in [0.25, 0.3) is 27.3 Å². The summed E-state index contributed by atoms with van der Waals surface area (Å²) in [6.07, 6.45) is 2.03. The summed E-state index contributed by atoms with van der Waals surface area (Å²) in [4.78, 5) is 81.9. The molecular formula is C24H26N8O10S. The minimum Gasteiger partial charge on any atom is -0.481 e. The van der Waals surface area contributed by atoms with E-state index >= 15 is 0 Å². The molecule has 1 atom stereocenters. The van der Waals surface area contributed by atoms with Gasteiger partial charge in [-0.25, -0.2) is 23.9 Å². The Balaban J connectivity index is 1.82. The Bertz CT molecular complexity index is 1740. The second-order valence-electron chi connectivity index (χ2n) is 9.18. The number of anilines is 1. The van der Waals surface area contributed by atoms with E-state index in [0.29, 0.717) is 12.7 Å². The first-order valence-corrected chi connectivity index (χ1v) is 13.9. The number of carbonyl (C=O) groups is 4. The number of aromatic nitrogens is 4. The number of aromatic amines is 1. The van der Waals surface area contributed by atoms with Crippen LogP contribution in [0.2, 0.25) is 0 Å². The van der Waals surface area contributed by atoms with Crippen LogP contribution in [0.4, 0.5) is 11.6 Å². The SMILES string of the molecule is CN(C)C=Nc1nc2ncc(CN(C=O)c3ccc(C(=O)N[C@](CCC(=O)O)(OS(C)(=O)=O)C(=O)O)cc3)nc2c(=O)[nH]1. The van der Waals surface area contributed by atoms with E-state index in [1.807, 2.05) is 5.32 Å². The summed E-state index contributed by atoms with van der Waals surface area (Å²) in [5, 5.41) is 20.5. The first kappa shape index (κ1) is 32.2. The van der Waals surface area contributed by atoms with Crippen LogP contribution in [0, 0.1) is 0 Å². The number of carboxylic acid groups (broad SMARTS) is 2. The fraction of sp³-hybridized carbons (Fsp3) is 0.292. The van der Waals surface area contributed by atoms with Crippen LogP contribution in [0.1, 0.15) is 28.9 Å². The number of H-pyrrole nitrogens is 1. The molecule has 19 heteroatoms. The van der Waals surface area contributed by atoms with Crippen LogP contribution in [0.15, 0.2) is 40.2 Å². The first-order valence-electron chi connectivity index (χ1n) is 12.1. The molecule has 0 bridgehead atoms. The van der Waals surface area contributed by atoms with Gasteiger partial charge >= 0.3 is 11.9 Å². The zero-order valence-electron chi connectivity index (χ0n) is 22.9. The quantitative estimate of drug-likeness (QED) is 0.0581. The Kier molecular flexibility index (Phi) is 9.83. The topological polar surface area (TPSA) is 255 Å². The maximum absolute atomic E-state index is 12.8. The van der Waals surface area contributed by atoms with Gasteiger partial charge in [0, 0.05) is 31.8 Å². The lowest BCUT2D eigenvalue weighted by molar-refractivity contribution is -0.159. The number of aliphatic carboxylic acids is 2. The second kappa shape index (κ2) is 13.1. The maximum atomic E-state index is 12.8. The van der Waals surface area contributed by atoms with E-state index in [1.54, 1.807) is 19.0 Å². The molecule has 0 aliphatic carbocycles. The lowest BCUT2D eigenvalue weighted by atomic mass is 10.1. The molecule has 0 saturated carbocycles. The van der Waals surface area contributed by atoms with Crippen LogP contribution in [-0.2, 0) is 35.2 Å². The lowest BCUT2D eigenvalue weighted by Crippen LogP contribution is -2.57. The molecule has 0 aliphatic heterocycles. The molecule has 1 aromatic carbocycles. The van der Waals surface area contributed by atoms with Gasteiger partial charge in [0.05, 0.1) is 37.5 Å². The number of nitrogens with one attached hydrogen (secondary N) is 2. The van der Waals surface area contributed by atoms with E-state index in [4.69, 9.17) is 5.11 Å². The van der Waals surface area contributed by atoms with E-state index < -0.39 is 52.1 Å². The minimum absolute atomic E-state index is 0.0252. The molecule has 18 nitrogen and oxygen atoms in total. The molecule has 0 radical (unpaired) electrons. The number of aliphatic imine (C=N–C) groups is 1. The van der Waals surface area contributed by atoms with Gasteiger partial charge in [-0.15, -0.1) is 0 Å². The third-order valence-electron chi connectivity index (χ3n) is 5.43. The van der Waals surface area contributed by atoms with Gasteiger partial charge in [0.15, 0.2) is 11.2 Å². The Morgan fingerprint density at radius 1 is 1.16 bits per heavy atom. The van der Waals surface area contributed by atoms with Gasteiger partial charge in [-0.05, 0) is 24.3 Å². The summed E-state index contributed by atoms with van der Waals surface area (Å²) in [6.45, 7) is -0.141. The summed E-state index contributed by atoms with van der Waals surface area (Å²) < 4.78 is 28.0. The third-order valence-corrected chi connectivity index (χ3v) is 6.02. The Morgan fingerprint density at radius 3 is 2.40 bits per heavy atom. The van der Waals surface area contributed by atoms with Gasteiger partial charge in [-0.3, -0.25) is 24.2 Å². The standard InChI is InChI=1S/C24H26N8O10S/c1-31(2)12-26-23-28-19-18(21(37)29-23)27-15(10-25-19)11-32(13-33)16-6-4-14(5-7-16)20(36)30-24(22(38)39,9-8-17(34)35)42-43(3,40)41/h4-7,10,12-13H,8-9,11H2,1-3H3,(H,30,36)(H,34,35)(H,38,39)(H,25,28,29,37)/t24-/m1/s1. The molecule has 3 aromatic rings. The van der Waals surface area contributed by atoms with E-state index in [2.05, 4.69) is 29.1 Å². The highest BCUT2D eigenvalue weighted by atomic mass is 32.2. The van der Waals surface area contributed by atoms with Gasteiger partial charge in [0.1, 0.15) is 0 Å². The molecule has 0 saturated heterocycles. The minimum atomic E-state index is -4.46. The van der Waals surface area contributed by atoms with E-state index in [0.717, 1.165) is 0 Å². The number of rotatable bonds is 14. The molecule has 4 N–H and O–H groups in total. The van der Waals surface area contributed by atoms with Crippen molar-refractivity contribution in [1.29, 1.82) is 0 Å². The molecule has 0 aliphatic rings. The van der Waals surface area contributed by atoms with Crippen molar-refractivity contribution in [3.8, 4) is 0 Å². The Hall–Kier alpha value is -5.30. The fourth-order valence-corrected chi connectivity index (χ4v) is 4.25. The Labute approximate surface area is 243 Å². The van der Waals surface area contributed by atoms with Crippen LogP contribution < -0.4 is 15.8 Å². The molecule has 2 amide bonds. The number of carbonyl (C=O) groups excluding carboxylic acids is 2.